The van der Waals surface area contributed by atoms with Gasteiger partial charge in [-0.05, 0) is 38.1 Å². The standard InChI is InChI=1S/C15H15FN4/c1-9(2)20-14-5-6-18-8-13(14)19-15(20)10-3-4-11(16)12(17)7-10/h3-9H,17H2,1-2H3. The number of nitrogens with zero attached hydrogens (tertiary/aromatic N) is 3. The molecule has 5 heteroatoms. The summed E-state index contributed by atoms with van der Waals surface area (Å²) in [5.74, 6) is 0.359. The number of imidazole rings is 1. The lowest BCUT2D eigenvalue weighted by Gasteiger charge is -2.13. The van der Waals surface area contributed by atoms with Gasteiger partial charge in [0.2, 0.25) is 0 Å². The highest BCUT2D eigenvalue weighted by Gasteiger charge is 2.15. The lowest BCUT2D eigenvalue weighted by Crippen LogP contribution is -2.03. The number of nitrogen functional groups attached to an aromatic ring is 1. The first-order chi connectivity index (χ1) is 9.58. The maximum absolute atomic E-state index is 13.3. The van der Waals surface area contributed by atoms with Gasteiger partial charge in [-0.3, -0.25) is 4.98 Å². The van der Waals surface area contributed by atoms with Gasteiger partial charge in [-0.25, -0.2) is 9.37 Å². The molecule has 20 heavy (non-hydrogen) atoms. The number of rotatable bonds is 2. The molecule has 0 aliphatic heterocycles. The highest BCUT2D eigenvalue weighted by Crippen LogP contribution is 2.29. The summed E-state index contributed by atoms with van der Waals surface area (Å²) in [6, 6.07) is 6.83. The Labute approximate surface area is 116 Å². The molecule has 0 atom stereocenters. The summed E-state index contributed by atoms with van der Waals surface area (Å²) < 4.78 is 15.4. The van der Waals surface area contributed by atoms with Crippen LogP contribution >= 0.6 is 0 Å². The summed E-state index contributed by atoms with van der Waals surface area (Å²) in [5, 5.41) is 0. The molecule has 2 aromatic heterocycles. The van der Waals surface area contributed by atoms with Crippen LogP contribution in [0.3, 0.4) is 0 Å². The number of benzene rings is 1. The molecule has 0 radical (unpaired) electrons. The molecule has 0 amide bonds. The van der Waals surface area contributed by atoms with E-state index >= 15 is 0 Å². The molecule has 3 aromatic rings. The lowest BCUT2D eigenvalue weighted by molar-refractivity contribution is 0.623. The molecule has 1 aromatic carbocycles. The molecule has 0 aliphatic carbocycles. The minimum absolute atomic E-state index is 0.128. The zero-order chi connectivity index (χ0) is 14.3. The normalized spacial score (nSPS) is 11.4. The molecule has 0 saturated carbocycles. The van der Waals surface area contributed by atoms with E-state index in [4.69, 9.17) is 5.73 Å². The van der Waals surface area contributed by atoms with E-state index in [-0.39, 0.29) is 11.7 Å². The topological polar surface area (TPSA) is 56.7 Å². The summed E-state index contributed by atoms with van der Waals surface area (Å²) in [5.41, 5.74) is 8.41. The van der Waals surface area contributed by atoms with Crippen molar-refractivity contribution in [2.24, 2.45) is 0 Å². The third-order valence-corrected chi connectivity index (χ3v) is 3.26. The molecule has 2 N–H and O–H groups in total. The minimum atomic E-state index is -0.414. The SMILES string of the molecule is CC(C)n1c(-c2ccc(F)c(N)c2)nc2cnccc21. The van der Waals surface area contributed by atoms with Crippen LogP contribution in [-0.4, -0.2) is 14.5 Å². The predicted molar refractivity (Wildman–Crippen MR) is 77.7 cm³/mol. The maximum atomic E-state index is 13.3. The summed E-state index contributed by atoms with van der Waals surface area (Å²) >= 11 is 0. The quantitative estimate of drug-likeness (QED) is 0.726. The number of hydrogen-bond donors (Lipinski definition) is 1. The first-order valence-corrected chi connectivity index (χ1v) is 6.45. The Bertz CT molecular complexity index is 777. The number of halogens is 1. The van der Waals surface area contributed by atoms with E-state index in [0.717, 1.165) is 22.4 Å². The van der Waals surface area contributed by atoms with Gasteiger partial charge in [0.1, 0.15) is 17.2 Å². The molecule has 0 unspecified atom stereocenters. The third kappa shape index (κ3) is 1.91. The number of fused-ring (bicyclic) bond motifs is 1. The van der Waals surface area contributed by atoms with Gasteiger partial charge >= 0.3 is 0 Å². The lowest BCUT2D eigenvalue weighted by atomic mass is 10.1. The number of hydrogen-bond acceptors (Lipinski definition) is 3. The van der Waals surface area contributed by atoms with Crippen molar-refractivity contribution in [3.63, 3.8) is 0 Å². The second-order valence-corrected chi connectivity index (χ2v) is 5.00. The molecule has 0 saturated heterocycles. The van der Waals surface area contributed by atoms with Crippen molar-refractivity contribution in [3.8, 4) is 11.4 Å². The molecular weight excluding hydrogens is 255 g/mol. The number of nitrogens with two attached hydrogens (primary N) is 1. The fraction of sp³-hybridized carbons (Fsp3) is 0.200. The van der Waals surface area contributed by atoms with Gasteiger partial charge in [0.05, 0.1) is 17.4 Å². The van der Waals surface area contributed by atoms with Gasteiger partial charge in [-0.2, -0.15) is 0 Å². The Morgan fingerprint density at radius 1 is 1.25 bits per heavy atom. The Kier molecular flexibility index (Phi) is 2.89. The van der Waals surface area contributed by atoms with Crippen LogP contribution in [0.15, 0.2) is 36.7 Å². The molecular formula is C15H15FN4. The first kappa shape index (κ1) is 12.6. The summed E-state index contributed by atoms with van der Waals surface area (Å²) in [4.78, 5) is 8.69. The smallest absolute Gasteiger partial charge is 0.146 e. The molecule has 3 rings (SSSR count). The first-order valence-electron chi connectivity index (χ1n) is 6.45. The fourth-order valence-corrected chi connectivity index (χ4v) is 2.36. The van der Waals surface area contributed by atoms with E-state index in [1.807, 2.05) is 6.07 Å². The van der Waals surface area contributed by atoms with Gasteiger partial charge in [0.15, 0.2) is 0 Å². The zero-order valence-corrected chi connectivity index (χ0v) is 11.3. The van der Waals surface area contributed by atoms with Crippen LogP contribution in [0.2, 0.25) is 0 Å². The third-order valence-electron chi connectivity index (χ3n) is 3.26. The van der Waals surface area contributed by atoms with Gasteiger partial charge in [-0.1, -0.05) is 0 Å². The molecule has 4 nitrogen and oxygen atoms in total. The van der Waals surface area contributed by atoms with E-state index in [9.17, 15) is 4.39 Å². The van der Waals surface area contributed by atoms with Crippen molar-refractivity contribution in [2.45, 2.75) is 19.9 Å². The van der Waals surface area contributed by atoms with E-state index < -0.39 is 5.82 Å². The Morgan fingerprint density at radius 3 is 2.75 bits per heavy atom. The van der Waals surface area contributed by atoms with Crippen molar-refractivity contribution in [2.75, 3.05) is 5.73 Å². The van der Waals surface area contributed by atoms with E-state index in [1.54, 1.807) is 24.5 Å². The van der Waals surface area contributed by atoms with Crippen molar-refractivity contribution in [1.82, 2.24) is 14.5 Å². The van der Waals surface area contributed by atoms with E-state index in [1.165, 1.54) is 6.07 Å². The van der Waals surface area contributed by atoms with Crippen LogP contribution in [0.4, 0.5) is 10.1 Å². The number of aromatic nitrogens is 3. The predicted octanol–water partition coefficient (Wildman–Crippen LogP) is 3.40. The van der Waals surface area contributed by atoms with Gasteiger partial charge in [-0.15, -0.1) is 0 Å². The van der Waals surface area contributed by atoms with Gasteiger partial charge < -0.3 is 10.3 Å². The largest absolute Gasteiger partial charge is 0.396 e. The van der Waals surface area contributed by atoms with Crippen LogP contribution in [0.1, 0.15) is 19.9 Å². The summed E-state index contributed by atoms with van der Waals surface area (Å²) in [7, 11) is 0. The Morgan fingerprint density at radius 2 is 2.05 bits per heavy atom. The molecule has 0 spiro atoms. The highest BCUT2D eigenvalue weighted by atomic mass is 19.1. The van der Waals surface area contributed by atoms with Crippen molar-refractivity contribution in [1.29, 1.82) is 0 Å². The van der Waals surface area contributed by atoms with Gasteiger partial charge in [0.25, 0.3) is 0 Å². The van der Waals surface area contributed by atoms with Crippen LogP contribution in [0.5, 0.6) is 0 Å². The average molecular weight is 270 g/mol. The minimum Gasteiger partial charge on any atom is -0.396 e. The molecule has 0 bridgehead atoms. The molecule has 0 aliphatic rings. The van der Waals surface area contributed by atoms with Crippen molar-refractivity contribution in [3.05, 3.63) is 42.5 Å². The highest BCUT2D eigenvalue weighted by molar-refractivity contribution is 5.80. The van der Waals surface area contributed by atoms with Crippen LogP contribution in [0.25, 0.3) is 22.4 Å². The second kappa shape index (κ2) is 4.59. The van der Waals surface area contributed by atoms with E-state index in [2.05, 4.69) is 28.4 Å². The Balaban J connectivity index is 2.29. The zero-order valence-electron chi connectivity index (χ0n) is 11.3. The average Bonchev–Trinajstić information content (AvgIpc) is 2.81. The number of anilines is 1. The molecule has 2 heterocycles. The molecule has 102 valence electrons. The summed E-state index contributed by atoms with van der Waals surface area (Å²) in [6.07, 6.45) is 3.47. The summed E-state index contributed by atoms with van der Waals surface area (Å²) in [6.45, 7) is 4.16. The molecule has 0 fully saturated rings. The number of pyridine rings is 1. The van der Waals surface area contributed by atoms with Crippen LogP contribution < -0.4 is 5.73 Å². The monoisotopic (exact) mass is 270 g/mol. The van der Waals surface area contributed by atoms with Crippen molar-refractivity contribution >= 4 is 16.7 Å². The van der Waals surface area contributed by atoms with E-state index in [0.29, 0.717) is 0 Å². The fourth-order valence-electron chi connectivity index (χ4n) is 2.36. The second-order valence-electron chi connectivity index (χ2n) is 5.00. The maximum Gasteiger partial charge on any atom is 0.146 e. The van der Waals surface area contributed by atoms with Crippen LogP contribution in [-0.2, 0) is 0 Å². The van der Waals surface area contributed by atoms with Gasteiger partial charge in [0, 0.05) is 17.8 Å². The van der Waals surface area contributed by atoms with Crippen LogP contribution in [0, 0.1) is 5.82 Å². The Hall–Kier alpha value is -2.43. The van der Waals surface area contributed by atoms with Crippen molar-refractivity contribution < 1.29 is 4.39 Å².